The summed E-state index contributed by atoms with van der Waals surface area (Å²) in [4.78, 5) is 20.8. The Morgan fingerprint density at radius 2 is 1.89 bits per heavy atom. The lowest BCUT2D eigenvalue weighted by molar-refractivity contribution is -0.386. The largest absolute Gasteiger partial charge is 0.482 e. The number of nitro groups is 1. The summed E-state index contributed by atoms with van der Waals surface area (Å²) in [5, 5.41) is 10.9. The van der Waals surface area contributed by atoms with Gasteiger partial charge in [0.05, 0.1) is 4.92 Å². The summed E-state index contributed by atoms with van der Waals surface area (Å²) in [5.41, 5.74) is 0.790. The highest BCUT2D eigenvalue weighted by molar-refractivity contribution is 5.77. The van der Waals surface area contributed by atoms with Crippen molar-refractivity contribution < 1.29 is 14.5 Å². The van der Waals surface area contributed by atoms with Crippen LogP contribution in [0.4, 0.5) is 5.69 Å². The van der Waals surface area contributed by atoms with Crippen molar-refractivity contribution in [2.75, 3.05) is 0 Å². The highest BCUT2D eigenvalue weighted by Gasteiger charge is 2.16. The Morgan fingerprint density at radius 1 is 1.16 bits per heavy atom. The summed E-state index contributed by atoms with van der Waals surface area (Å²) in [6.45, 7) is 0.228. The molecule has 0 N–H and O–H groups in total. The quantitative estimate of drug-likeness (QED) is 0.609. The highest BCUT2D eigenvalue weighted by atomic mass is 16.6. The minimum Gasteiger partial charge on any atom is -0.482 e. The van der Waals surface area contributed by atoms with Gasteiger partial charge in [-0.25, -0.2) is 0 Å². The molecule has 0 fully saturated rings. The van der Waals surface area contributed by atoms with Gasteiger partial charge in [0.2, 0.25) is 6.29 Å². The number of carbonyl (C=O) groups excluding carboxylic acids is 1. The fraction of sp³-hybridized carbons (Fsp3) is 0.0714. The maximum Gasteiger partial charge on any atom is 0.311 e. The fourth-order valence-electron chi connectivity index (χ4n) is 1.58. The minimum absolute atomic E-state index is 0.124. The predicted octanol–water partition coefficient (Wildman–Crippen LogP) is 2.63. The van der Waals surface area contributed by atoms with Gasteiger partial charge in [-0.05, 0) is 17.7 Å². The molecule has 0 aromatic heterocycles. The van der Waals surface area contributed by atoms with Crippen molar-refractivity contribution in [3.05, 3.63) is 69.8 Å². The zero-order valence-corrected chi connectivity index (χ0v) is 9.91. The Kier molecular flexibility index (Phi) is 3.87. The Labute approximate surface area is 109 Å². The summed E-state index contributed by atoms with van der Waals surface area (Å²) in [7, 11) is 0. The van der Waals surface area contributed by atoms with Crippen LogP contribution in [0, 0.1) is 10.1 Å². The summed E-state index contributed by atoms with van der Waals surface area (Å²) in [5.74, 6) is 0.132. The molecule has 2 aromatic rings. The second-order valence-electron chi connectivity index (χ2n) is 3.82. The van der Waals surface area contributed by atoms with E-state index < -0.39 is 4.92 Å². The van der Waals surface area contributed by atoms with Crippen molar-refractivity contribution in [1.29, 1.82) is 0 Å². The first-order valence-electron chi connectivity index (χ1n) is 5.54. The maximum absolute atomic E-state index is 10.9. The molecule has 0 amide bonds. The van der Waals surface area contributed by atoms with E-state index in [9.17, 15) is 14.9 Å². The number of hydrogen-bond donors (Lipinski definition) is 0. The van der Waals surface area contributed by atoms with Crippen molar-refractivity contribution in [3.8, 4) is 5.75 Å². The molecule has 0 saturated carbocycles. The molecule has 2 aromatic carbocycles. The van der Waals surface area contributed by atoms with Crippen molar-refractivity contribution >= 4 is 12.0 Å². The van der Waals surface area contributed by atoms with Crippen molar-refractivity contribution in [2.24, 2.45) is 0 Å². The van der Waals surface area contributed by atoms with Crippen LogP contribution >= 0.6 is 0 Å². The molecular formula is C14H10NO4. The van der Waals surface area contributed by atoms with Crippen LogP contribution in [0.25, 0.3) is 0 Å². The minimum atomic E-state index is -0.582. The molecule has 1 radical (unpaired) electrons. The highest BCUT2D eigenvalue weighted by Crippen LogP contribution is 2.28. The molecule has 0 heterocycles. The average molecular weight is 256 g/mol. The number of nitrogens with zero attached hydrogens (tertiary/aromatic N) is 1. The van der Waals surface area contributed by atoms with Crippen LogP contribution < -0.4 is 4.74 Å². The Bertz CT molecular complexity index is 596. The zero-order valence-electron chi connectivity index (χ0n) is 9.91. The van der Waals surface area contributed by atoms with Gasteiger partial charge < -0.3 is 4.74 Å². The topological polar surface area (TPSA) is 69.4 Å². The van der Waals surface area contributed by atoms with E-state index >= 15 is 0 Å². The van der Waals surface area contributed by atoms with Crippen LogP contribution in [0.1, 0.15) is 11.1 Å². The second kappa shape index (κ2) is 5.77. The molecule has 0 spiro atoms. The maximum atomic E-state index is 10.9. The van der Waals surface area contributed by atoms with Gasteiger partial charge >= 0.3 is 5.69 Å². The van der Waals surface area contributed by atoms with Crippen LogP contribution in [0.2, 0.25) is 0 Å². The lowest BCUT2D eigenvalue weighted by Gasteiger charge is -2.06. The van der Waals surface area contributed by atoms with E-state index in [4.69, 9.17) is 4.74 Å². The predicted molar refractivity (Wildman–Crippen MR) is 68.7 cm³/mol. The number of ether oxygens (including phenoxy) is 1. The number of nitro benzene ring substituents is 1. The summed E-state index contributed by atoms with van der Waals surface area (Å²) in [6.07, 6.45) is 1.61. The van der Waals surface area contributed by atoms with Crippen LogP contribution in [-0.4, -0.2) is 11.2 Å². The van der Waals surface area contributed by atoms with E-state index in [-0.39, 0.29) is 23.6 Å². The van der Waals surface area contributed by atoms with Gasteiger partial charge in [0.15, 0.2) is 5.75 Å². The van der Waals surface area contributed by atoms with Gasteiger partial charge in [-0.15, -0.1) is 0 Å². The van der Waals surface area contributed by atoms with E-state index in [0.29, 0.717) is 0 Å². The van der Waals surface area contributed by atoms with Crippen molar-refractivity contribution in [3.63, 3.8) is 0 Å². The molecular weight excluding hydrogens is 246 g/mol. The zero-order chi connectivity index (χ0) is 13.7. The molecule has 95 valence electrons. The standard InChI is InChI=1S/C14H10NO4/c16-9-12-6-7-14(13(8-12)15(17)18)19-10-11-4-2-1-3-5-11/h1-8H,10H2. The smallest absolute Gasteiger partial charge is 0.311 e. The molecule has 0 saturated heterocycles. The van der Waals surface area contributed by atoms with Crippen molar-refractivity contribution in [2.45, 2.75) is 6.61 Å². The SMILES string of the molecule is O=[C]c1ccc(OCc2ccccc2)c([N+](=O)[O-])c1. The molecule has 0 bridgehead atoms. The van der Waals surface area contributed by atoms with Crippen LogP contribution in [0.15, 0.2) is 48.5 Å². The molecule has 5 heteroatoms. The molecule has 19 heavy (non-hydrogen) atoms. The average Bonchev–Trinajstić information content (AvgIpc) is 2.46. The number of hydrogen-bond acceptors (Lipinski definition) is 4. The van der Waals surface area contributed by atoms with E-state index in [1.54, 1.807) is 6.29 Å². The first-order valence-corrected chi connectivity index (χ1v) is 5.54. The second-order valence-corrected chi connectivity index (χ2v) is 3.82. The van der Waals surface area contributed by atoms with Gasteiger partial charge in [0.1, 0.15) is 6.61 Å². The molecule has 0 aliphatic heterocycles. The molecule has 0 unspecified atom stereocenters. The lowest BCUT2D eigenvalue weighted by Crippen LogP contribution is -1.99. The van der Waals surface area contributed by atoms with Crippen LogP contribution in [0.3, 0.4) is 0 Å². The summed E-state index contributed by atoms with van der Waals surface area (Å²) >= 11 is 0. The van der Waals surface area contributed by atoms with Gasteiger partial charge in [0.25, 0.3) is 0 Å². The fourth-order valence-corrected chi connectivity index (χ4v) is 1.58. The first-order chi connectivity index (χ1) is 9.20. The summed E-state index contributed by atoms with van der Waals surface area (Å²) in [6, 6.07) is 13.3. The Hall–Kier alpha value is -2.69. The Morgan fingerprint density at radius 3 is 2.53 bits per heavy atom. The monoisotopic (exact) mass is 256 g/mol. The number of rotatable bonds is 5. The third kappa shape index (κ3) is 3.16. The van der Waals surface area contributed by atoms with E-state index in [2.05, 4.69) is 0 Å². The summed E-state index contributed by atoms with van der Waals surface area (Å²) < 4.78 is 5.41. The molecule has 2 rings (SSSR count). The van der Waals surface area contributed by atoms with E-state index in [0.717, 1.165) is 11.6 Å². The normalized spacial score (nSPS) is 9.89. The van der Waals surface area contributed by atoms with E-state index in [1.165, 1.54) is 12.1 Å². The van der Waals surface area contributed by atoms with Gasteiger partial charge in [-0.3, -0.25) is 14.9 Å². The number of benzene rings is 2. The third-order valence-corrected chi connectivity index (χ3v) is 2.51. The first kappa shape index (κ1) is 12.8. The molecule has 5 nitrogen and oxygen atoms in total. The van der Waals surface area contributed by atoms with Crippen molar-refractivity contribution in [1.82, 2.24) is 0 Å². The van der Waals surface area contributed by atoms with Crippen LogP contribution in [0.5, 0.6) is 5.75 Å². The lowest BCUT2D eigenvalue weighted by atomic mass is 10.2. The molecule has 0 aliphatic rings. The van der Waals surface area contributed by atoms with Crippen LogP contribution in [-0.2, 0) is 11.4 Å². The van der Waals surface area contributed by atoms with Gasteiger partial charge in [-0.2, -0.15) is 0 Å². The third-order valence-electron chi connectivity index (χ3n) is 2.51. The molecule has 0 atom stereocenters. The molecule has 0 aliphatic carbocycles. The van der Waals surface area contributed by atoms with E-state index in [1.807, 2.05) is 30.3 Å². The van der Waals surface area contributed by atoms with Gasteiger partial charge in [-0.1, -0.05) is 30.3 Å². The Balaban J connectivity index is 2.20. The van der Waals surface area contributed by atoms with Gasteiger partial charge in [0, 0.05) is 11.6 Å².